The first kappa shape index (κ1) is 13.7. The van der Waals surface area contributed by atoms with Crippen molar-refractivity contribution in [3.8, 4) is 11.3 Å². The Morgan fingerprint density at radius 2 is 1.95 bits per heavy atom. The Morgan fingerprint density at radius 1 is 1.21 bits per heavy atom. The van der Waals surface area contributed by atoms with Crippen molar-refractivity contribution in [3.63, 3.8) is 0 Å². The van der Waals surface area contributed by atoms with Crippen molar-refractivity contribution in [1.82, 2.24) is 9.88 Å². The van der Waals surface area contributed by atoms with Gasteiger partial charge < -0.3 is 4.90 Å². The van der Waals surface area contributed by atoms with E-state index in [1.807, 2.05) is 43.3 Å². The molecule has 0 atom stereocenters. The van der Waals surface area contributed by atoms with Crippen molar-refractivity contribution in [2.75, 3.05) is 14.1 Å². The average Bonchev–Trinajstić information content (AvgIpc) is 2.37. The number of halogens is 1. The van der Waals surface area contributed by atoms with Crippen LogP contribution in [0.4, 0.5) is 0 Å². The highest BCUT2D eigenvalue weighted by Crippen LogP contribution is 2.22. The minimum Gasteiger partial charge on any atom is -0.345 e. The smallest absolute Gasteiger partial charge is 0.255 e. The molecule has 2 rings (SSSR count). The first-order valence-corrected chi connectivity index (χ1v) is 6.73. The largest absolute Gasteiger partial charge is 0.345 e. The van der Waals surface area contributed by atoms with E-state index >= 15 is 0 Å². The highest BCUT2D eigenvalue weighted by Gasteiger charge is 2.12. The fraction of sp³-hybridized carbons (Fsp3) is 0.200. The lowest BCUT2D eigenvalue weighted by Crippen LogP contribution is -2.22. The molecule has 0 N–H and O–H groups in total. The van der Waals surface area contributed by atoms with Crippen molar-refractivity contribution < 1.29 is 4.79 Å². The zero-order valence-electron chi connectivity index (χ0n) is 11.1. The van der Waals surface area contributed by atoms with E-state index < -0.39 is 0 Å². The molecule has 4 heteroatoms. The molecule has 0 unspecified atom stereocenters. The summed E-state index contributed by atoms with van der Waals surface area (Å²) in [6.07, 6.45) is 0. The molecule has 3 nitrogen and oxygen atoms in total. The predicted molar refractivity (Wildman–Crippen MR) is 80.1 cm³/mol. The minimum atomic E-state index is -0.0224. The van der Waals surface area contributed by atoms with Gasteiger partial charge in [0.15, 0.2) is 0 Å². The van der Waals surface area contributed by atoms with E-state index in [1.165, 1.54) is 0 Å². The molecule has 0 saturated carbocycles. The lowest BCUT2D eigenvalue weighted by molar-refractivity contribution is 0.0826. The van der Waals surface area contributed by atoms with Crippen LogP contribution in [0.1, 0.15) is 16.1 Å². The highest BCUT2D eigenvalue weighted by atomic mass is 79.9. The van der Waals surface area contributed by atoms with Crippen LogP contribution in [0.3, 0.4) is 0 Å². The van der Waals surface area contributed by atoms with Gasteiger partial charge in [-0.2, -0.15) is 0 Å². The number of hydrogen-bond donors (Lipinski definition) is 0. The molecule has 0 bridgehead atoms. The standard InChI is InChI=1S/C15H15BrN2O/c1-10-13(15(19)18(2)3)7-8-14(17-10)11-5-4-6-12(16)9-11/h4-9H,1-3H3. The minimum absolute atomic E-state index is 0.0224. The maximum absolute atomic E-state index is 11.9. The molecule has 0 spiro atoms. The Hall–Kier alpha value is -1.68. The maximum Gasteiger partial charge on any atom is 0.255 e. The normalized spacial score (nSPS) is 10.3. The number of rotatable bonds is 2. The predicted octanol–water partition coefficient (Wildman–Crippen LogP) is 3.52. The van der Waals surface area contributed by atoms with Gasteiger partial charge in [0.1, 0.15) is 0 Å². The van der Waals surface area contributed by atoms with Crippen LogP contribution in [0.5, 0.6) is 0 Å². The zero-order chi connectivity index (χ0) is 14.0. The van der Waals surface area contributed by atoms with Crippen LogP contribution in [-0.2, 0) is 0 Å². The summed E-state index contributed by atoms with van der Waals surface area (Å²) in [5.41, 5.74) is 3.29. The second-order valence-electron chi connectivity index (χ2n) is 4.54. The van der Waals surface area contributed by atoms with Gasteiger partial charge in [0.2, 0.25) is 0 Å². The summed E-state index contributed by atoms with van der Waals surface area (Å²) in [7, 11) is 3.48. The van der Waals surface area contributed by atoms with Crippen LogP contribution in [0.2, 0.25) is 0 Å². The molecule has 19 heavy (non-hydrogen) atoms. The fourth-order valence-electron chi connectivity index (χ4n) is 1.84. The molecule has 0 aliphatic carbocycles. The van der Waals surface area contributed by atoms with Gasteiger partial charge in [0.25, 0.3) is 5.91 Å². The summed E-state index contributed by atoms with van der Waals surface area (Å²) in [4.78, 5) is 18.0. The Labute approximate surface area is 121 Å². The molecular weight excluding hydrogens is 304 g/mol. The van der Waals surface area contributed by atoms with E-state index in [4.69, 9.17) is 0 Å². The van der Waals surface area contributed by atoms with Gasteiger partial charge in [0, 0.05) is 24.1 Å². The van der Waals surface area contributed by atoms with Crippen LogP contribution in [-0.4, -0.2) is 29.9 Å². The molecule has 0 aliphatic rings. The number of aromatic nitrogens is 1. The van der Waals surface area contributed by atoms with E-state index in [1.54, 1.807) is 19.0 Å². The summed E-state index contributed by atoms with van der Waals surface area (Å²) in [5, 5.41) is 0. The molecular formula is C15H15BrN2O. The van der Waals surface area contributed by atoms with Crippen LogP contribution in [0, 0.1) is 6.92 Å². The van der Waals surface area contributed by atoms with Crippen molar-refractivity contribution in [1.29, 1.82) is 0 Å². The monoisotopic (exact) mass is 318 g/mol. The van der Waals surface area contributed by atoms with Gasteiger partial charge in [-0.25, -0.2) is 0 Å². The van der Waals surface area contributed by atoms with Gasteiger partial charge in [-0.3, -0.25) is 9.78 Å². The summed E-state index contributed by atoms with van der Waals surface area (Å²) < 4.78 is 1.01. The van der Waals surface area contributed by atoms with E-state index in [9.17, 15) is 4.79 Å². The molecule has 1 aromatic carbocycles. The van der Waals surface area contributed by atoms with Crippen molar-refractivity contribution in [2.45, 2.75) is 6.92 Å². The molecule has 2 aromatic rings. The maximum atomic E-state index is 11.9. The van der Waals surface area contributed by atoms with Gasteiger partial charge in [-0.05, 0) is 31.2 Å². The highest BCUT2D eigenvalue weighted by molar-refractivity contribution is 9.10. The second kappa shape index (κ2) is 5.53. The van der Waals surface area contributed by atoms with Crippen molar-refractivity contribution in [2.24, 2.45) is 0 Å². The zero-order valence-corrected chi connectivity index (χ0v) is 12.7. The lowest BCUT2D eigenvalue weighted by atomic mass is 10.1. The summed E-state index contributed by atoms with van der Waals surface area (Å²) in [6, 6.07) is 11.7. The van der Waals surface area contributed by atoms with E-state index in [-0.39, 0.29) is 5.91 Å². The van der Waals surface area contributed by atoms with Gasteiger partial charge in [-0.15, -0.1) is 0 Å². The van der Waals surface area contributed by atoms with Gasteiger partial charge >= 0.3 is 0 Å². The van der Waals surface area contributed by atoms with E-state index in [0.29, 0.717) is 5.56 Å². The second-order valence-corrected chi connectivity index (χ2v) is 5.46. The number of nitrogens with zero attached hydrogens (tertiary/aromatic N) is 2. The Kier molecular flexibility index (Phi) is 4.00. The Morgan fingerprint density at radius 3 is 2.53 bits per heavy atom. The molecule has 1 amide bonds. The average molecular weight is 319 g/mol. The molecule has 0 radical (unpaired) electrons. The third kappa shape index (κ3) is 3.01. The quantitative estimate of drug-likeness (QED) is 0.848. The third-order valence-corrected chi connectivity index (χ3v) is 3.34. The summed E-state index contributed by atoms with van der Waals surface area (Å²) in [5.74, 6) is -0.0224. The molecule has 1 heterocycles. The topological polar surface area (TPSA) is 33.2 Å². The van der Waals surface area contributed by atoms with Crippen LogP contribution in [0.15, 0.2) is 40.9 Å². The Balaban J connectivity index is 2.42. The summed E-state index contributed by atoms with van der Waals surface area (Å²) >= 11 is 3.45. The molecule has 1 aromatic heterocycles. The number of amides is 1. The molecule has 0 aliphatic heterocycles. The first-order valence-electron chi connectivity index (χ1n) is 5.94. The Bertz CT molecular complexity index is 623. The van der Waals surface area contributed by atoms with Gasteiger partial charge in [0.05, 0.1) is 17.0 Å². The lowest BCUT2D eigenvalue weighted by Gasteiger charge is -2.12. The number of pyridine rings is 1. The molecule has 0 fully saturated rings. The van der Waals surface area contributed by atoms with E-state index in [2.05, 4.69) is 20.9 Å². The summed E-state index contributed by atoms with van der Waals surface area (Å²) in [6.45, 7) is 1.86. The number of aryl methyl sites for hydroxylation is 1. The van der Waals surface area contributed by atoms with Crippen molar-refractivity contribution in [3.05, 3.63) is 52.1 Å². The van der Waals surface area contributed by atoms with Crippen LogP contribution < -0.4 is 0 Å². The molecule has 98 valence electrons. The fourth-order valence-corrected chi connectivity index (χ4v) is 2.24. The molecule has 0 saturated heterocycles. The van der Waals surface area contributed by atoms with Gasteiger partial charge in [-0.1, -0.05) is 28.1 Å². The van der Waals surface area contributed by atoms with E-state index in [0.717, 1.165) is 21.4 Å². The number of hydrogen-bond acceptors (Lipinski definition) is 2. The third-order valence-electron chi connectivity index (χ3n) is 2.84. The van der Waals surface area contributed by atoms with Crippen molar-refractivity contribution >= 4 is 21.8 Å². The van der Waals surface area contributed by atoms with Crippen LogP contribution in [0.25, 0.3) is 11.3 Å². The SMILES string of the molecule is Cc1nc(-c2cccc(Br)c2)ccc1C(=O)N(C)C. The number of carbonyl (C=O) groups excluding carboxylic acids is 1. The first-order chi connectivity index (χ1) is 8.99. The number of benzene rings is 1. The number of carbonyl (C=O) groups is 1. The van der Waals surface area contributed by atoms with Crippen LogP contribution >= 0.6 is 15.9 Å².